The summed E-state index contributed by atoms with van der Waals surface area (Å²) in [5.74, 6) is 0. The Bertz CT molecular complexity index is 278. The molecule has 86 valence electrons. The van der Waals surface area contributed by atoms with Gasteiger partial charge in [0.2, 0.25) is 0 Å². The largest absolute Gasteiger partial charge is 0.335 e. The SMILES string of the molecule is CCCNCCCCn1cnc(C)c1C. The standard InChI is InChI=1S/C12H23N3/c1-4-7-13-8-5-6-9-15-10-14-11(2)12(15)3/h10,13H,4-9H2,1-3H3. The van der Waals surface area contributed by atoms with E-state index in [0.717, 1.165) is 25.3 Å². The Kier molecular flexibility index (Phi) is 5.40. The van der Waals surface area contributed by atoms with E-state index in [0.29, 0.717) is 0 Å². The number of rotatable bonds is 7. The Balaban J connectivity index is 2.12. The van der Waals surface area contributed by atoms with Crippen molar-refractivity contribution in [2.75, 3.05) is 13.1 Å². The van der Waals surface area contributed by atoms with Crippen LogP contribution in [0.5, 0.6) is 0 Å². The van der Waals surface area contributed by atoms with Gasteiger partial charge in [0.1, 0.15) is 0 Å². The van der Waals surface area contributed by atoms with E-state index < -0.39 is 0 Å². The van der Waals surface area contributed by atoms with Crippen molar-refractivity contribution < 1.29 is 0 Å². The van der Waals surface area contributed by atoms with E-state index in [4.69, 9.17) is 0 Å². The van der Waals surface area contributed by atoms with Crippen LogP contribution in [-0.4, -0.2) is 22.6 Å². The van der Waals surface area contributed by atoms with Gasteiger partial charge in [0.05, 0.1) is 12.0 Å². The highest BCUT2D eigenvalue weighted by molar-refractivity contribution is 5.08. The van der Waals surface area contributed by atoms with Gasteiger partial charge in [-0.3, -0.25) is 0 Å². The van der Waals surface area contributed by atoms with Gasteiger partial charge in [-0.25, -0.2) is 4.98 Å². The first-order chi connectivity index (χ1) is 7.25. The molecule has 0 aliphatic rings. The highest BCUT2D eigenvalue weighted by Crippen LogP contribution is 2.05. The highest BCUT2D eigenvalue weighted by Gasteiger charge is 2.00. The fourth-order valence-corrected chi connectivity index (χ4v) is 1.60. The van der Waals surface area contributed by atoms with Crippen LogP contribution in [0.25, 0.3) is 0 Å². The van der Waals surface area contributed by atoms with Gasteiger partial charge in [-0.2, -0.15) is 0 Å². The number of unbranched alkanes of at least 4 members (excludes halogenated alkanes) is 1. The average molecular weight is 209 g/mol. The first-order valence-corrected chi connectivity index (χ1v) is 5.94. The molecule has 0 aromatic carbocycles. The minimum Gasteiger partial charge on any atom is -0.335 e. The molecule has 0 spiro atoms. The zero-order valence-corrected chi connectivity index (χ0v) is 10.2. The quantitative estimate of drug-likeness (QED) is 0.698. The lowest BCUT2D eigenvalue weighted by Gasteiger charge is -2.06. The Hall–Kier alpha value is -0.830. The van der Waals surface area contributed by atoms with E-state index in [-0.39, 0.29) is 0 Å². The van der Waals surface area contributed by atoms with Gasteiger partial charge in [0.15, 0.2) is 0 Å². The van der Waals surface area contributed by atoms with Crippen molar-refractivity contribution in [2.24, 2.45) is 0 Å². The fraction of sp³-hybridized carbons (Fsp3) is 0.750. The molecule has 1 aromatic rings. The molecule has 15 heavy (non-hydrogen) atoms. The summed E-state index contributed by atoms with van der Waals surface area (Å²) in [7, 11) is 0. The third-order valence-electron chi connectivity index (χ3n) is 2.77. The van der Waals surface area contributed by atoms with E-state index in [1.54, 1.807) is 0 Å². The third-order valence-corrected chi connectivity index (χ3v) is 2.77. The molecule has 0 radical (unpaired) electrons. The molecule has 0 aliphatic carbocycles. The summed E-state index contributed by atoms with van der Waals surface area (Å²) in [6.07, 6.45) is 5.65. The molecular weight excluding hydrogens is 186 g/mol. The topological polar surface area (TPSA) is 29.9 Å². The van der Waals surface area contributed by atoms with Crippen molar-refractivity contribution >= 4 is 0 Å². The van der Waals surface area contributed by atoms with Gasteiger partial charge < -0.3 is 9.88 Å². The lowest BCUT2D eigenvalue weighted by molar-refractivity contribution is 0.561. The van der Waals surface area contributed by atoms with Gasteiger partial charge in [-0.05, 0) is 46.2 Å². The van der Waals surface area contributed by atoms with Gasteiger partial charge in [-0.1, -0.05) is 6.92 Å². The highest BCUT2D eigenvalue weighted by atomic mass is 15.0. The lowest BCUT2D eigenvalue weighted by Crippen LogP contribution is -2.16. The van der Waals surface area contributed by atoms with Crippen LogP contribution >= 0.6 is 0 Å². The summed E-state index contributed by atoms with van der Waals surface area (Å²) >= 11 is 0. The molecule has 1 heterocycles. The zero-order chi connectivity index (χ0) is 11.1. The molecule has 3 nitrogen and oxygen atoms in total. The number of nitrogens with one attached hydrogen (secondary N) is 1. The first-order valence-electron chi connectivity index (χ1n) is 5.94. The summed E-state index contributed by atoms with van der Waals surface area (Å²) in [5.41, 5.74) is 2.45. The maximum absolute atomic E-state index is 4.29. The van der Waals surface area contributed by atoms with E-state index in [1.165, 1.54) is 25.0 Å². The van der Waals surface area contributed by atoms with Crippen LogP contribution < -0.4 is 5.32 Å². The molecule has 0 aliphatic heterocycles. The van der Waals surface area contributed by atoms with Crippen LogP contribution in [0.15, 0.2) is 6.33 Å². The molecule has 0 saturated heterocycles. The zero-order valence-electron chi connectivity index (χ0n) is 10.2. The third kappa shape index (κ3) is 4.04. The monoisotopic (exact) mass is 209 g/mol. The maximum Gasteiger partial charge on any atom is 0.0951 e. The predicted molar refractivity (Wildman–Crippen MR) is 64.1 cm³/mol. The van der Waals surface area contributed by atoms with Crippen LogP contribution in [0.3, 0.4) is 0 Å². The first kappa shape index (κ1) is 12.2. The smallest absolute Gasteiger partial charge is 0.0951 e. The van der Waals surface area contributed by atoms with Crippen molar-refractivity contribution in [2.45, 2.75) is 46.6 Å². The number of hydrogen-bond acceptors (Lipinski definition) is 2. The number of hydrogen-bond donors (Lipinski definition) is 1. The number of imidazole rings is 1. The summed E-state index contributed by atoms with van der Waals surface area (Å²) in [4.78, 5) is 4.29. The number of nitrogens with zero attached hydrogens (tertiary/aromatic N) is 2. The van der Waals surface area contributed by atoms with Crippen LogP contribution in [0.2, 0.25) is 0 Å². The second-order valence-electron chi connectivity index (χ2n) is 4.07. The molecule has 3 heteroatoms. The van der Waals surface area contributed by atoms with Crippen molar-refractivity contribution in [1.29, 1.82) is 0 Å². The average Bonchev–Trinajstić information content (AvgIpc) is 2.54. The molecule has 0 fully saturated rings. The van der Waals surface area contributed by atoms with E-state index in [1.807, 2.05) is 6.33 Å². The van der Waals surface area contributed by atoms with Crippen molar-refractivity contribution in [1.82, 2.24) is 14.9 Å². The Morgan fingerprint density at radius 2 is 2.07 bits per heavy atom. The predicted octanol–water partition coefficient (Wildman–Crippen LogP) is 2.28. The second-order valence-corrected chi connectivity index (χ2v) is 4.07. The van der Waals surface area contributed by atoms with E-state index >= 15 is 0 Å². The van der Waals surface area contributed by atoms with Crippen molar-refractivity contribution in [3.8, 4) is 0 Å². The number of aromatic nitrogens is 2. The van der Waals surface area contributed by atoms with Gasteiger partial charge in [0.25, 0.3) is 0 Å². The second kappa shape index (κ2) is 6.62. The van der Waals surface area contributed by atoms with Crippen molar-refractivity contribution in [3.05, 3.63) is 17.7 Å². The lowest BCUT2D eigenvalue weighted by atomic mass is 10.3. The Morgan fingerprint density at radius 1 is 1.27 bits per heavy atom. The Labute approximate surface area is 92.9 Å². The molecular formula is C12H23N3. The molecule has 0 amide bonds. The fourth-order valence-electron chi connectivity index (χ4n) is 1.60. The molecule has 0 bridgehead atoms. The minimum atomic E-state index is 1.10. The van der Waals surface area contributed by atoms with Gasteiger partial charge in [-0.15, -0.1) is 0 Å². The molecule has 0 unspecified atom stereocenters. The van der Waals surface area contributed by atoms with E-state index in [2.05, 4.69) is 35.6 Å². The van der Waals surface area contributed by atoms with Crippen LogP contribution in [0.1, 0.15) is 37.6 Å². The van der Waals surface area contributed by atoms with Gasteiger partial charge >= 0.3 is 0 Å². The summed E-state index contributed by atoms with van der Waals surface area (Å²) < 4.78 is 2.25. The minimum absolute atomic E-state index is 1.10. The molecule has 1 N–H and O–H groups in total. The van der Waals surface area contributed by atoms with Crippen LogP contribution in [-0.2, 0) is 6.54 Å². The Morgan fingerprint density at radius 3 is 2.67 bits per heavy atom. The normalized spacial score (nSPS) is 10.9. The summed E-state index contributed by atoms with van der Waals surface area (Å²) in [6, 6.07) is 0. The maximum atomic E-state index is 4.29. The van der Waals surface area contributed by atoms with Crippen molar-refractivity contribution in [3.63, 3.8) is 0 Å². The molecule has 1 rings (SSSR count). The summed E-state index contributed by atoms with van der Waals surface area (Å²) in [5, 5.41) is 3.42. The van der Waals surface area contributed by atoms with E-state index in [9.17, 15) is 0 Å². The summed E-state index contributed by atoms with van der Waals surface area (Å²) in [6.45, 7) is 9.78. The number of aryl methyl sites for hydroxylation is 2. The molecule has 0 atom stereocenters. The molecule has 0 saturated carbocycles. The van der Waals surface area contributed by atoms with Crippen LogP contribution in [0.4, 0.5) is 0 Å². The van der Waals surface area contributed by atoms with Crippen LogP contribution in [0, 0.1) is 13.8 Å². The molecule has 1 aromatic heterocycles. The van der Waals surface area contributed by atoms with Gasteiger partial charge in [0, 0.05) is 12.2 Å².